The molecule has 1 N–H and O–H groups in total. The zero-order valence-corrected chi connectivity index (χ0v) is 8.48. The number of pyridine rings is 1. The minimum atomic E-state index is -0.304. The number of hydrogen-bond donors (Lipinski definition) is 1. The molecule has 1 unspecified atom stereocenters. The van der Waals surface area contributed by atoms with Gasteiger partial charge in [0.2, 0.25) is 0 Å². The zero-order chi connectivity index (χ0) is 10.3. The normalized spacial score (nSPS) is 20.2. The number of aliphatic hydroxyl groups excluding tert-OH is 1. The van der Waals surface area contributed by atoms with Gasteiger partial charge in [-0.25, -0.2) is 0 Å². The van der Waals surface area contributed by atoms with E-state index >= 15 is 0 Å². The summed E-state index contributed by atoms with van der Waals surface area (Å²) in [6.45, 7) is 0. The van der Waals surface area contributed by atoms with Crippen LogP contribution < -0.4 is 0 Å². The van der Waals surface area contributed by atoms with Crippen molar-refractivity contribution in [3.8, 4) is 0 Å². The Hall–Kier alpha value is -1.41. The van der Waals surface area contributed by atoms with E-state index in [0.29, 0.717) is 0 Å². The number of rotatable bonds is 0. The Morgan fingerprint density at radius 3 is 3.07 bits per heavy atom. The van der Waals surface area contributed by atoms with Gasteiger partial charge in [0, 0.05) is 11.6 Å². The van der Waals surface area contributed by atoms with Crippen LogP contribution in [0, 0.1) is 0 Å². The van der Waals surface area contributed by atoms with Gasteiger partial charge in [0.05, 0.1) is 11.6 Å². The van der Waals surface area contributed by atoms with Crippen molar-refractivity contribution in [1.82, 2.24) is 4.98 Å². The summed E-state index contributed by atoms with van der Waals surface area (Å²) in [7, 11) is 0. The molecule has 1 atom stereocenters. The maximum atomic E-state index is 10.0. The third-order valence-electron chi connectivity index (χ3n) is 3.16. The average molecular weight is 199 g/mol. The van der Waals surface area contributed by atoms with Crippen LogP contribution in [0.2, 0.25) is 0 Å². The number of nitrogens with zero attached hydrogens (tertiary/aromatic N) is 1. The first kappa shape index (κ1) is 8.86. The summed E-state index contributed by atoms with van der Waals surface area (Å²) < 4.78 is 0. The fraction of sp³-hybridized carbons (Fsp3) is 0.308. The van der Waals surface area contributed by atoms with E-state index in [4.69, 9.17) is 0 Å². The highest BCUT2D eigenvalue weighted by molar-refractivity contribution is 5.83. The Labute approximate surface area is 88.6 Å². The first-order valence-corrected chi connectivity index (χ1v) is 5.41. The molecular weight excluding hydrogens is 186 g/mol. The van der Waals surface area contributed by atoms with Crippen LogP contribution in [0.4, 0.5) is 0 Å². The second-order valence-electron chi connectivity index (χ2n) is 4.12. The predicted octanol–water partition coefficient (Wildman–Crippen LogP) is 2.60. The Morgan fingerprint density at radius 2 is 2.13 bits per heavy atom. The number of aryl methyl sites for hydroxylation is 1. The number of aromatic nitrogens is 1. The van der Waals surface area contributed by atoms with Crippen LogP contribution in [0.3, 0.4) is 0 Å². The van der Waals surface area contributed by atoms with Gasteiger partial charge < -0.3 is 5.11 Å². The first-order chi connectivity index (χ1) is 7.36. The van der Waals surface area contributed by atoms with Gasteiger partial charge in [-0.15, -0.1) is 0 Å². The van der Waals surface area contributed by atoms with E-state index in [1.165, 1.54) is 5.56 Å². The average Bonchev–Trinajstić information content (AvgIpc) is 2.29. The summed E-state index contributed by atoms with van der Waals surface area (Å²) >= 11 is 0. The minimum absolute atomic E-state index is 0.304. The molecule has 76 valence electrons. The third-order valence-corrected chi connectivity index (χ3v) is 3.16. The van der Waals surface area contributed by atoms with Gasteiger partial charge in [0.25, 0.3) is 0 Å². The lowest BCUT2D eigenvalue weighted by Gasteiger charge is -2.22. The molecule has 0 fully saturated rings. The molecule has 0 aliphatic heterocycles. The molecule has 0 radical (unpaired) electrons. The molecular formula is C13H13NO. The molecule has 2 heteroatoms. The van der Waals surface area contributed by atoms with Crippen molar-refractivity contribution in [1.29, 1.82) is 0 Å². The van der Waals surface area contributed by atoms with Gasteiger partial charge in [0.15, 0.2) is 0 Å². The molecule has 1 aromatic carbocycles. The van der Waals surface area contributed by atoms with E-state index in [9.17, 15) is 5.11 Å². The fourth-order valence-corrected chi connectivity index (χ4v) is 2.43. The van der Waals surface area contributed by atoms with Crippen LogP contribution in [0.25, 0.3) is 10.9 Å². The molecule has 15 heavy (non-hydrogen) atoms. The summed E-state index contributed by atoms with van der Waals surface area (Å²) in [6.07, 6.45) is 4.60. The van der Waals surface area contributed by atoms with Gasteiger partial charge in [-0.1, -0.05) is 18.2 Å². The van der Waals surface area contributed by atoms with Gasteiger partial charge in [-0.3, -0.25) is 4.98 Å². The molecule has 0 spiro atoms. The van der Waals surface area contributed by atoms with E-state index in [1.54, 1.807) is 0 Å². The standard InChI is InChI=1S/C13H13NO/c15-12-7-3-4-9-8-14-11-6-2-1-5-10(11)13(9)12/h1-2,5-6,8,12,15H,3-4,7H2. The molecule has 2 aromatic rings. The summed E-state index contributed by atoms with van der Waals surface area (Å²) in [5, 5.41) is 11.1. The first-order valence-electron chi connectivity index (χ1n) is 5.41. The molecule has 0 saturated heterocycles. The van der Waals surface area contributed by atoms with Crippen molar-refractivity contribution in [2.75, 3.05) is 0 Å². The van der Waals surface area contributed by atoms with Crippen LogP contribution in [0.1, 0.15) is 30.1 Å². The van der Waals surface area contributed by atoms with Crippen molar-refractivity contribution < 1.29 is 5.11 Å². The highest BCUT2D eigenvalue weighted by Crippen LogP contribution is 2.33. The summed E-state index contributed by atoms with van der Waals surface area (Å²) in [5.41, 5.74) is 3.30. The largest absolute Gasteiger partial charge is 0.388 e. The number of para-hydroxylation sites is 1. The molecule has 1 aromatic heterocycles. The molecule has 0 saturated carbocycles. The lowest BCUT2D eigenvalue weighted by Crippen LogP contribution is -2.10. The van der Waals surface area contributed by atoms with Crippen LogP contribution in [0.5, 0.6) is 0 Å². The lowest BCUT2D eigenvalue weighted by molar-refractivity contribution is 0.158. The Kier molecular flexibility index (Phi) is 1.96. The van der Waals surface area contributed by atoms with Crippen molar-refractivity contribution in [3.63, 3.8) is 0 Å². The Balaban J connectivity index is 2.35. The van der Waals surface area contributed by atoms with Gasteiger partial charge in [-0.05, 0) is 36.5 Å². The third kappa shape index (κ3) is 1.33. The van der Waals surface area contributed by atoms with Crippen LogP contribution in [0.15, 0.2) is 30.5 Å². The quantitative estimate of drug-likeness (QED) is 0.707. The number of benzene rings is 1. The molecule has 1 aliphatic rings. The lowest BCUT2D eigenvalue weighted by atomic mass is 9.88. The number of fused-ring (bicyclic) bond motifs is 3. The fourth-order valence-electron chi connectivity index (χ4n) is 2.43. The van der Waals surface area contributed by atoms with E-state index in [1.807, 2.05) is 24.4 Å². The molecule has 0 bridgehead atoms. The van der Waals surface area contributed by atoms with Crippen LogP contribution >= 0.6 is 0 Å². The number of hydrogen-bond acceptors (Lipinski definition) is 2. The van der Waals surface area contributed by atoms with Gasteiger partial charge in [0.1, 0.15) is 0 Å². The molecule has 2 nitrogen and oxygen atoms in total. The second kappa shape index (κ2) is 3.31. The monoisotopic (exact) mass is 199 g/mol. The highest BCUT2D eigenvalue weighted by atomic mass is 16.3. The Morgan fingerprint density at radius 1 is 1.27 bits per heavy atom. The van der Waals surface area contributed by atoms with Crippen molar-refractivity contribution in [3.05, 3.63) is 41.6 Å². The summed E-state index contributed by atoms with van der Waals surface area (Å²) in [6, 6.07) is 8.04. The predicted molar refractivity (Wildman–Crippen MR) is 59.6 cm³/mol. The smallest absolute Gasteiger partial charge is 0.0799 e. The van der Waals surface area contributed by atoms with Crippen LogP contribution in [-0.4, -0.2) is 10.1 Å². The zero-order valence-electron chi connectivity index (χ0n) is 8.48. The number of aliphatic hydroxyl groups is 1. The summed E-state index contributed by atoms with van der Waals surface area (Å²) in [5.74, 6) is 0. The maximum Gasteiger partial charge on any atom is 0.0799 e. The van der Waals surface area contributed by atoms with Crippen molar-refractivity contribution >= 4 is 10.9 Å². The highest BCUT2D eigenvalue weighted by Gasteiger charge is 2.20. The molecule has 3 rings (SSSR count). The van der Waals surface area contributed by atoms with Gasteiger partial charge >= 0.3 is 0 Å². The van der Waals surface area contributed by atoms with E-state index in [0.717, 1.165) is 35.7 Å². The molecule has 0 amide bonds. The summed E-state index contributed by atoms with van der Waals surface area (Å²) in [4.78, 5) is 4.42. The van der Waals surface area contributed by atoms with Crippen molar-refractivity contribution in [2.45, 2.75) is 25.4 Å². The van der Waals surface area contributed by atoms with Crippen molar-refractivity contribution in [2.24, 2.45) is 0 Å². The van der Waals surface area contributed by atoms with Gasteiger partial charge in [-0.2, -0.15) is 0 Å². The van der Waals surface area contributed by atoms with E-state index in [-0.39, 0.29) is 6.10 Å². The SMILES string of the molecule is OC1CCCc2cnc3ccccc3c21. The maximum absolute atomic E-state index is 10.0. The van der Waals surface area contributed by atoms with E-state index in [2.05, 4.69) is 11.1 Å². The topological polar surface area (TPSA) is 33.1 Å². The second-order valence-corrected chi connectivity index (χ2v) is 4.12. The Bertz CT molecular complexity index is 507. The van der Waals surface area contributed by atoms with E-state index < -0.39 is 0 Å². The van der Waals surface area contributed by atoms with Crippen LogP contribution in [-0.2, 0) is 6.42 Å². The minimum Gasteiger partial charge on any atom is -0.388 e. The molecule has 1 aliphatic carbocycles. The molecule has 1 heterocycles.